The van der Waals surface area contributed by atoms with Gasteiger partial charge in [-0.05, 0) is 47.9 Å². The molecule has 3 aromatic rings. The molecule has 0 aliphatic heterocycles. The fraction of sp³-hybridized carbons (Fsp3) is 0.0476. The van der Waals surface area contributed by atoms with Gasteiger partial charge in [-0.1, -0.05) is 24.3 Å². The van der Waals surface area contributed by atoms with Gasteiger partial charge in [0.05, 0.1) is 11.1 Å². The number of benzene rings is 3. The van der Waals surface area contributed by atoms with Crippen LogP contribution in [-0.2, 0) is 6.42 Å². The van der Waals surface area contributed by atoms with E-state index in [0.29, 0.717) is 12.0 Å². The number of fused-ring (bicyclic) bond motifs is 2. The molecule has 0 unspecified atom stereocenters. The van der Waals surface area contributed by atoms with Crippen LogP contribution in [0, 0.1) is 0 Å². The van der Waals surface area contributed by atoms with Crippen LogP contribution in [0.5, 0.6) is 17.2 Å². The molecule has 128 valence electrons. The topological polar surface area (TPSA) is 94.8 Å². The van der Waals surface area contributed by atoms with Crippen LogP contribution in [0.3, 0.4) is 0 Å². The van der Waals surface area contributed by atoms with Gasteiger partial charge in [0.2, 0.25) is 5.78 Å². The Bertz CT molecular complexity index is 1060. The second-order valence-electron chi connectivity index (χ2n) is 6.24. The summed E-state index contributed by atoms with van der Waals surface area (Å²) in [4.78, 5) is 25.5. The Kier molecular flexibility index (Phi) is 3.51. The van der Waals surface area contributed by atoms with E-state index in [0.717, 1.165) is 5.56 Å². The van der Waals surface area contributed by atoms with Crippen LogP contribution in [0.1, 0.15) is 43.0 Å². The molecule has 5 nitrogen and oxygen atoms in total. The van der Waals surface area contributed by atoms with Crippen molar-refractivity contribution >= 4 is 11.6 Å². The molecule has 5 heteroatoms. The average Bonchev–Trinajstić information content (AvgIpc) is 2.61. The summed E-state index contributed by atoms with van der Waals surface area (Å²) in [6, 6.07) is 14.0. The van der Waals surface area contributed by atoms with Crippen molar-refractivity contribution in [3.8, 4) is 17.2 Å². The smallest absolute Gasteiger partial charge is 0.201 e. The van der Waals surface area contributed by atoms with Crippen LogP contribution in [0.15, 0.2) is 54.6 Å². The molecule has 0 aromatic heterocycles. The molecule has 0 heterocycles. The number of carbonyl (C=O) groups excluding carboxylic acids is 2. The Morgan fingerprint density at radius 1 is 0.654 bits per heavy atom. The maximum absolute atomic E-state index is 12.8. The van der Waals surface area contributed by atoms with E-state index >= 15 is 0 Å². The summed E-state index contributed by atoms with van der Waals surface area (Å²) in [6.07, 6.45) is 0.426. The van der Waals surface area contributed by atoms with Gasteiger partial charge in [-0.3, -0.25) is 9.59 Å². The second-order valence-corrected chi connectivity index (χ2v) is 6.24. The summed E-state index contributed by atoms with van der Waals surface area (Å²) in [6.45, 7) is 0. The van der Waals surface area contributed by atoms with Crippen LogP contribution in [-0.4, -0.2) is 26.9 Å². The molecule has 1 aliphatic rings. The van der Waals surface area contributed by atoms with Crippen molar-refractivity contribution in [2.24, 2.45) is 0 Å². The zero-order chi connectivity index (χ0) is 18.4. The van der Waals surface area contributed by atoms with E-state index < -0.39 is 11.6 Å². The summed E-state index contributed by atoms with van der Waals surface area (Å²) >= 11 is 0. The van der Waals surface area contributed by atoms with E-state index in [2.05, 4.69) is 0 Å². The molecule has 1 aliphatic carbocycles. The molecule has 3 N–H and O–H groups in total. The molecule has 0 radical (unpaired) electrons. The van der Waals surface area contributed by atoms with Crippen molar-refractivity contribution in [2.75, 3.05) is 0 Å². The number of aromatic hydroxyl groups is 3. The molecular formula is C21H14O5. The molecule has 0 atom stereocenters. The number of hydrogen-bond donors (Lipinski definition) is 3. The number of rotatable bonds is 2. The predicted octanol–water partition coefficient (Wildman–Crippen LogP) is 3.17. The van der Waals surface area contributed by atoms with Gasteiger partial charge in [0.1, 0.15) is 17.2 Å². The molecule has 3 aromatic carbocycles. The summed E-state index contributed by atoms with van der Waals surface area (Å²) in [5.41, 5.74) is 1.64. The minimum atomic E-state index is -0.568. The first-order valence-electron chi connectivity index (χ1n) is 8.01. The molecule has 0 amide bonds. The lowest BCUT2D eigenvalue weighted by Gasteiger charge is -2.20. The third-order valence-electron chi connectivity index (χ3n) is 4.51. The number of phenolic OH excluding ortho intramolecular Hbond substituents is 3. The number of hydrogen-bond acceptors (Lipinski definition) is 5. The van der Waals surface area contributed by atoms with Gasteiger partial charge in [0, 0.05) is 11.1 Å². The number of phenols is 3. The summed E-state index contributed by atoms with van der Waals surface area (Å²) < 4.78 is 0. The summed E-state index contributed by atoms with van der Waals surface area (Å²) in [5, 5.41) is 29.7. The van der Waals surface area contributed by atoms with E-state index in [1.807, 2.05) is 0 Å². The Morgan fingerprint density at radius 3 is 2.08 bits per heavy atom. The highest BCUT2D eigenvalue weighted by Gasteiger charge is 2.34. The molecule has 0 saturated heterocycles. The maximum atomic E-state index is 12.8. The largest absolute Gasteiger partial charge is 0.508 e. The van der Waals surface area contributed by atoms with E-state index in [-0.39, 0.29) is 39.5 Å². The first-order valence-corrected chi connectivity index (χ1v) is 8.01. The minimum Gasteiger partial charge on any atom is -0.508 e. The molecule has 0 bridgehead atoms. The third kappa shape index (κ3) is 2.41. The van der Waals surface area contributed by atoms with Crippen LogP contribution in [0.4, 0.5) is 0 Å². The molecular weight excluding hydrogens is 332 g/mol. The molecule has 4 rings (SSSR count). The highest BCUT2D eigenvalue weighted by Crippen LogP contribution is 2.37. The Morgan fingerprint density at radius 2 is 1.35 bits per heavy atom. The second kappa shape index (κ2) is 5.74. The van der Waals surface area contributed by atoms with Crippen LogP contribution in [0.25, 0.3) is 0 Å². The first kappa shape index (κ1) is 15.9. The van der Waals surface area contributed by atoms with Crippen LogP contribution >= 0.6 is 0 Å². The quantitative estimate of drug-likeness (QED) is 0.518. The van der Waals surface area contributed by atoms with E-state index in [9.17, 15) is 24.9 Å². The Labute approximate surface area is 148 Å². The van der Waals surface area contributed by atoms with Gasteiger partial charge >= 0.3 is 0 Å². The van der Waals surface area contributed by atoms with Crippen molar-refractivity contribution in [3.05, 3.63) is 88.0 Å². The molecule has 0 fully saturated rings. The Balaban J connectivity index is 1.82. The van der Waals surface area contributed by atoms with Crippen molar-refractivity contribution < 1.29 is 24.9 Å². The van der Waals surface area contributed by atoms with Crippen LogP contribution < -0.4 is 0 Å². The number of ketones is 2. The lowest BCUT2D eigenvalue weighted by Crippen LogP contribution is -2.21. The summed E-state index contributed by atoms with van der Waals surface area (Å²) in [5.74, 6) is -1.39. The van der Waals surface area contributed by atoms with E-state index in [1.54, 1.807) is 30.3 Å². The monoisotopic (exact) mass is 346 g/mol. The van der Waals surface area contributed by atoms with Gasteiger partial charge < -0.3 is 15.3 Å². The fourth-order valence-electron chi connectivity index (χ4n) is 3.29. The zero-order valence-electron chi connectivity index (χ0n) is 13.6. The average molecular weight is 346 g/mol. The highest BCUT2D eigenvalue weighted by atomic mass is 16.3. The summed E-state index contributed by atoms with van der Waals surface area (Å²) in [7, 11) is 0. The van der Waals surface area contributed by atoms with Crippen molar-refractivity contribution in [1.82, 2.24) is 0 Å². The van der Waals surface area contributed by atoms with Crippen molar-refractivity contribution in [2.45, 2.75) is 6.42 Å². The maximum Gasteiger partial charge on any atom is 0.201 e. The SMILES string of the molecule is O=C1c2cccc(O)c2C(=O)c2c(O)cc(Cc3ccc(O)cc3)cc21. The van der Waals surface area contributed by atoms with Crippen molar-refractivity contribution in [1.29, 1.82) is 0 Å². The molecule has 26 heavy (non-hydrogen) atoms. The molecule has 0 spiro atoms. The van der Waals surface area contributed by atoms with Gasteiger partial charge in [0.15, 0.2) is 5.78 Å². The normalized spacial score (nSPS) is 12.6. The Hall–Kier alpha value is -3.60. The lowest BCUT2D eigenvalue weighted by molar-refractivity contribution is 0.0974. The van der Waals surface area contributed by atoms with E-state index in [4.69, 9.17) is 0 Å². The van der Waals surface area contributed by atoms with Gasteiger partial charge in [-0.2, -0.15) is 0 Å². The standard InChI is InChI=1S/C21H14O5/c22-13-6-4-11(5-7-13)8-12-9-15-19(17(24)10-12)21(26)18-14(20(15)25)2-1-3-16(18)23/h1-7,9-10,22-24H,8H2. The van der Waals surface area contributed by atoms with Gasteiger partial charge in [-0.15, -0.1) is 0 Å². The van der Waals surface area contributed by atoms with Crippen molar-refractivity contribution in [3.63, 3.8) is 0 Å². The fourth-order valence-corrected chi connectivity index (χ4v) is 3.29. The first-order chi connectivity index (χ1) is 12.5. The minimum absolute atomic E-state index is 0.0772. The van der Waals surface area contributed by atoms with Gasteiger partial charge in [0.25, 0.3) is 0 Å². The highest BCUT2D eigenvalue weighted by molar-refractivity contribution is 6.30. The zero-order valence-corrected chi connectivity index (χ0v) is 13.6. The predicted molar refractivity (Wildman–Crippen MR) is 94.0 cm³/mol. The number of carbonyl (C=O) groups is 2. The third-order valence-corrected chi connectivity index (χ3v) is 4.51. The van der Waals surface area contributed by atoms with Crippen LogP contribution in [0.2, 0.25) is 0 Å². The van der Waals surface area contributed by atoms with Gasteiger partial charge in [-0.25, -0.2) is 0 Å². The van der Waals surface area contributed by atoms with E-state index in [1.165, 1.54) is 24.3 Å². The lowest BCUT2D eigenvalue weighted by atomic mass is 9.82. The molecule has 0 saturated carbocycles.